The van der Waals surface area contributed by atoms with Gasteiger partial charge in [0.25, 0.3) is 5.91 Å². The topological polar surface area (TPSA) is 92.0 Å². The minimum absolute atomic E-state index is 0.136. The highest BCUT2D eigenvalue weighted by molar-refractivity contribution is 5.95. The van der Waals surface area contributed by atoms with Gasteiger partial charge in [-0.1, -0.05) is 6.92 Å². The summed E-state index contributed by atoms with van der Waals surface area (Å²) in [5.41, 5.74) is 6.76. The highest BCUT2D eigenvalue weighted by Crippen LogP contribution is 2.38. The van der Waals surface area contributed by atoms with Crippen LogP contribution in [0.3, 0.4) is 0 Å². The zero-order valence-electron chi connectivity index (χ0n) is 13.9. The standard InChI is InChI=1S/C18H20N2O5/c1-2-7-22-12-3-5-13(6-4-12)23-10-18(21)20-15-9-17-16(8-14(15)19)24-11-25-17/h3-6,8-9H,2,7,10-11,19H2,1H3,(H,20,21). The molecule has 0 saturated heterocycles. The molecule has 2 aromatic carbocycles. The van der Waals surface area contributed by atoms with E-state index in [1.54, 1.807) is 36.4 Å². The van der Waals surface area contributed by atoms with Gasteiger partial charge in [-0.05, 0) is 30.7 Å². The van der Waals surface area contributed by atoms with Crippen molar-refractivity contribution >= 4 is 17.3 Å². The van der Waals surface area contributed by atoms with Crippen molar-refractivity contribution in [2.24, 2.45) is 0 Å². The maximum Gasteiger partial charge on any atom is 0.262 e. The lowest BCUT2D eigenvalue weighted by atomic mass is 10.2. The largest absolute Gasteiger partial charge is 0.494 e. The van der Waals surface area contributed by atoms with E-state index in [4.69, 9.17) is 24.7 Å². The average Bonchev–Trinajstić information content (AvgIpc) is 3.06. The first-order chi connectivity index (χ1) is 12.2. The maximum absolute atomic E-state index is 12.1. The lowest BCUT2D eigenvalue weighted by Crippen LogP contribution is -2.20. The Bertz CT molecular complexity index is 746. The van der Waals surface area contributed by atoms with Gasteiger partial charge >= 0.3 is 0 Å². The number of rotatable bonds is 7. The number of nitrogen functional groups attached to an aromatic ring is 1. The van der Waals surface area contributed by atoms with Gasteiger partial charge in [0.2, 0.25) is 6.79 Å². The van der Waals surface area contributed by atoms with Crippen molar-refractivity contribution in [2.75, 3.05) is 31.1 Å². The van der Waals surface area contributed by atoms with Gasteiger partial charge in [-0.2, -0.15) is 0 Å². The van der Waals surface area contributed by atoms with Crippen molar-refractivity contribution in [2.45, 2.75) is 13.3 Å². The van der Waals surface area contributed by atoms with E-state index in [1.807, 2.05) is 6.92 Å². The second-order valence-electron chi connectivity index (χ2n) is 5.45. The number of fused-ring (bicyclic) bond motifs is 1. The summed E-state index contributed by atoms with van der Waals surface area (Å²) in [6.07, 6.45) is 0.946. The molecule has 132 valence electrons. The highest BCUT2D eigenvalue weighted by atomic mass is 16.7. The maximum atomic E-state index is 12.1. The number of benzene rings is 2. The molecule has 0 atom stereocenters. The normalized spacial score (nSPS) is 11.9. The van der Waals surface area contributed by atoms with Gasteiger partial charge in [0.1, 0.15) is 11.5 Å². The molecule has 1 aliphatic rings. The van der Waals surface area contributed by atoms with Gasteiger partial charge in [-0.15, -0.1) is 0 Å². The van der Waals surface area contributed by atoms with Crippen molar-refractivity contribution in [3.8, 4) is 23.0 Å². The third-order valence-electron chi connectivity index (χ3n) is 3.49. The van der Waals surface area contributed by atoms with Crippen LogP contribution in [0.5, 0.6) is 23.0 Å². The van der Waals surface area contributed by atoms with Gasteiger partial charge in [0.15, 0.2) is 18.1 Å². The zero-order valence-corrected chi connectivity index (χ0v) is 13.9. The molecule has 3 rings (SSSR count). The van der Waals surface area contributed by atoms with Crippen LogP contribution in [0.2, 0.25) is 0 Å². The Labute approximate surface area is 145 Å². The number of nitrogens with two attached hydrogens (primary N) is 1. The molecule has 1 heterocycles. The van der Waals surface area contributed by atoms with E-state index < -0.39 is 0 Å². The fourth-order valence-corrected chi connectivity index (χ4v) is 2.25. The molecule has 0 bridgehead atoms. The summed E-state index contributed by atoms with van der Waals surface area (Å²) in [7, 11) is 0. The smallest absolute Gasteiger partial charge is 0.262 e. The van der Waals surface area contributed by atoms with Crippen molar-refractivity contribution in [3.05, 3.63) is 36.4 Å². The number of carbonyl (C=O) groups excluding carboxylic acids is 1. The Morgan fingerprint density at radius 3 is 2.44 bits per heavy atom. The number of ether oxygens (including phenoxy) is 4. The Morgan fingerprint density at radius 1 is 1.12 bits per heavy atom. The molecular formula is C18H20N2O5. The predicted molar refractivity (Wildman–Crippen MR) is 93.3 cm³/mol. The molecule has 7 nitrogen and oxygen atoms in total. The Kier molecular flexibility index (Phi) is 5.13. The molecule has 3 N–H and O–H groups in total. The molecule has 0 radical (unpaired) electrons. The molecule has 1 aliphatic heterocycles. The molecular weight excluding hydrogens is 324 g/mol. The molecule has 0 aromatic heterocycles. The Hall–Kier alpha value is -3.09. The monoisotopic (exact) mass is 344 g/mol. The Morgan fingerprint density at radius 2 is 1.76 bits per heavy atom. The number of carbonyl (C=O) groups is 1. The number of amides is 1. The second kappa shape index (κ2) is 7.65. The van der Waals surface area contributed by atoms with Crippen molar-refractivity contribution in [1.82, 2.24) is 0 Å². The highest BCUT2D eigenvalue weighted by Gasteiger charge is 2.17. The van der Waals surface area contributed by atoms with Crippen LogP contribution in [0.4, 0.5) is 11.4 Å². The number of anilines is 2. The van der Waals surface area contributed by atoms with Gasteiger partial charge in [-0.25, -0.2) is 0 Å². The lowest BCUT2D eigenvalue weighted by Gasteiger charge is -2.11. The fraction of sp³-hybridized carbons (Fsp3) is 0.278. The van der Waals surface area contributed by atoms with E-state index in [-0.39, 0.29) is 19.3 Å². The number of nitrogens with one attached hydrogen (secondary N) is 1. The van der Waals surface area contributed by atoms with E-state index in [0.29, 0.717) is 35.2 Å². The summed E-state index contributed by atoms with van der Waals surface area (Å²) in [5.74, 6) is 2.14. The van der Waals surface area contributed by atoms with Gasteiger partial charge in [0, 0.05) is 12.1 Å². The van der Waals surface area contributed by atoms with Crippen molar-refractivity contribution in [1.29, 1.82) is 0 Å². The summed E-state index contributed by atoms with van der Waals surface area (Å²) in [6, 6.07) is 10.4. The van der Waals surface area contributed by atoms with E-state index >= 15 is 0 Å². The van der Waals surface area contributed by atoms with Crippen LogP contribution in [-0.4, -0.2) is 25.9 Å². The van der Waals surface area contributed by atoms with E-state index in [0.717, 1.165) is 12.2 Å². The van der Waals surface area contributed by atoms with Crippen LogP contribution in [0.15, 0.2) is 36.4 Å². The Balaban J connectivity index is 1.53. The molecule has 25 heavy (non-hydrogen) atoms. The first-order valence-electron chi connectivity index (χ1n) is 8.00. The summed E-state index contributed by atoms with van der Waals surface area (Å²) in [5, 5.41) is 2.70. The zero-order chi connectivity index (χ0) is 17.6. The first-order valence-corrected chi connectivity index (χ1v) is 8.00. The third-order valence-corrected chi connectivity index (χ3v) is 3.49. The molecule has 0 aliphatic carbocycles. The summed E-state index contributed by atoms with van der Waals surface area (Å²) in [4.78, 5) is 12.1. The molecule has 0 saturated carbocycles. The minimum Gasteiger partial charge on any atom is -0.494 e. The summed E-state index contributed by atoms with van der Waals surface area (Å²) >= 11 is 0. The lowest BCUT2D eigenvalue weighted by molar-refractivity contribution is -0.118. The van der Waals surface area contributed by atoms with Crippen LogP contribution in [-0.2, 0) is 4.79 Å². The van der Waals surface area contributed by atoms with Crippen LogP contribution in [0, 0.1) is 0 Å². The van der Waals surface area contributed by atoms with Crippen molar-refractivity contribution in [3.63, 3.8) is 0 Å². The van der Waals surface area contributed by atoms with E-state index in [2.05, 4.69) is 5.32 Å². The minimum atomic E-state index is -0.322. The molecule has 7 heteroatoms. The summed E-state index contributed by atoms with van der Waals surface area (Å²) in [6.45, 7) is 2.72. The average molecular weight is 344 g/mol. The van der Waals surface area contributed by atoms with Crippen LogP contribution >= 0.6 is 0 Å². The van der Waals surface area contributed by atoms with E-state index in [9.17, 15) is 4.79 Å². The molecule has 1 amide bonds. The van der Waals surface area contributed by atoms with Gasteiger partial charge < -0.3 is 30.0 Å². The quantitative estimate of drug-likeness (QED) is 0.751. The van der Waals surface area contributed by atoms with Crippen LogP contribution in [0.25, 0.3) is 0 Å². The molecule has 0 unspecified atom stereocenters. The SMILES string of the molecule is CCCOc1ccc(OCC(=O)Nc2cc3c(cc2N)OCO3)cc1. The van der Waals surface area contributed by atoms with E-state index in [1.165, 1.54) is 0 Å². The molecule has 0 fully saturated rings. The fourth-order valence-electron chi connectivity index (χ4n) is 2.25. The number of hydrogen-bond donors (Lipinski definition) is 2. The first kappa shape index (κ1) is 16.8. The van der Waals surface area contributed by atoms with Crippen LogP contribution < -0.4 is 30.0 Å². The van der Waals surface area contributed by atoms with Crippen LogP contribution in [0.1, 0.15) is 13.3 Å². The number of hydrogen-bond acceptors (Lipinski definition) is 6. The van der Waals surface area contributed by atoms with Gasteiger partial charge in [-0.3, -0.25) is 4.79 Å². The second-order valence-corrected chi connectivity index (χ2v) is 5.45. The molecule has 0 spiro atoms. The third kappa shape index (κ3) is 4.26. The van der Waals surface area contributed by atoms with Gasteiger partial charge in [0.05, 0.1) is 18.0 Å². The van der Waals surface area contributed by atoms with Crippen molar-refractivity contribution < 1.29 is 23.7 Å². The summed E-state index contributed by atoms with van der Waals surface area (Å²) < 4.78 is 21.5. The molecule has 2 aromatic rings. The predicted octanol–water partition coefficient (Wildman–Crippen LogP) is 2.80.